The number of aromatic nitrogens is 2. The molecule has 1 aromatic heterocycles. The topological polar surface area (TPSA) is 34.9 Å². The Balaban J connectivity index is 1.98. The van der Waals surface area contributed by atoms with Gasteiger partial charge in [-0.1, -0.05) is 41.9 Å². The number of benzene rings is 2. The summed E-state index contributed by atoms with van der Waals surface area (Å²) in [5.41, 5.74) is 2.44. The highest BCUT2D eigenvalue weighted by Crippen LogP contribution is 2.18. The molecular weight excluding hydrogens is 284 g/mol. The van der Waals surface area contributed by atoms with Gasteiger partial charge < -0.3 is 0 Å². The second-order valence-corrected chi connectivity index (χ2v) is 5.08. The Kier molecular flexibility index (Phi) is 3.59. The van der Waals surface area contributed by atoms with Gasteiger partial charge in [0.2, 0.25) is 0 Å². The molecule has 0 saturated heterocycles. The molecule has 0 saturated carbocycles. The van der Waals surface area contributed by atoms with Crippen LogP contribution in [0.25, 0.3) is 17.1 Å². The third kappa shape index (κ3) is 2.60. The monoisotopic (exact) mass is 296 g/mol. The molecule has 104 valence electrons. The van der Waals surface area contributed by atoms with Crippen LogP contribution in [0, 0.1) is 6.92 Å². The van der Waals surface area contributed by atoms with Crippen molar-refractivity contribution >= 4 is 34.6 Å². The van der Waals surface area contributed by atoms with E-state index >= 15 is 0 Å². The Hall–Kier alpha value is -2.39. The lowest BCUT2D eigenvalue weighted by Gasteiger charge is -2.01. The van der Waals surface area contributed by atoms with Gasteiger partial charge in [-0.3, -0.25) is 9.36 Å². The summed E-state index contributed by atoms with van der Waals surface area (Å²) in [4.78, 5) is 16.8. The van der Waals surface area contributed by atoms with E-state index in [-0.39, 0.29) is 5.91 Å². The second kappa shape index (κ2) is 5.54. The number of aryl methyl sites for hydroxylation is 1. The first-order valence-corrected chi connectivity index (χ1v) is 6.95. The zero-order valence-corrected chi connectivity index (χ0v) is 12.2. The van der Waals surface area contributed by atoms with E-state index in [4.69, 9.17) is 11.6 Å². The molecule has 21 heavy (non-hydrogen) atoms. The Labute approximate surface area is 127 Å². The van der Waals surface area contributed by atoms with Crippen LogP contribution in [-0.2, 0) is 0 Å². The summed E-state index contributed by atoms with van der Waals surface area (Å²) in [5, 5.41) is 0.619. The lowest BCUT2D eigenvalue weighted by molar-refractivity contribution is 0.0972. The van der Waals surface area contributed by atoms with Crippen LogP contribution in [0.15, 0.2) is 54.6 Å². The average molecular weight is 297 g/mol. The van der Waals surface area contributed by atoms with E-state index in [9.17, 15) is 4.79 Å². The maximum atomic E-state index is 12.4. The molecule has 1 heterocycles. The average Bonchev–Trinajstić information content (AvgIpc) is 2.82. The minimum atomic E-state index is -0.138. The van der Waals surface area contributed by atoms with Crippen molar-refractivity contribution in [3.63, 3.8) is 0 Å². The van der Waals surface area contributed by atoms with Crippen molar-refractivity contribution in [3.05, 3.63) is 71.0 Å². The molecule has 4 heteroatoms. The van der Waals surface area contributed by atoms with Gasteiger partial charge >= 0.3 is 0 Å². The highest BCUT2D eigenvalue weighted by molar-refractivity contribution is 6.32. The van der Waals surface area contributed by atoms with Crippen molar-refractivity contribution in [2.45, 2.75) is 6.92 Å². The smallest absolute Gasteiger partial charge is 0.256 e. The van der Waals surface area contributed by atoms with Crippen LogP contribution in [0.4, 0.5) is 0 Å². The van der Waals surface area contributed by atoms with Gasteiger partial charge in [0, 0.05) is 11.1 Å². The molecule has 0 fully saturated rings. The Bertz CT molecular complexity index is 849. The summed E-state index contributed by atoms with van der Waals surface area (Å²) in [6, 6.07) is 15.0. The van der Waals surface area contributed by atoms with Gasteiger partial charge in [-0.05, 0) is 36.8 Å². The van der Waals surface area contributed by atoms with Crippen LogP contribution >= 0.6 is 11.6 Å². The third-order valence-corrected chi connectivity index (χ3v) is 3.60. The van der Waals surface area contributed by atoms with Crippen molar-refractivity contribution in [2.24, 2.45) is 0 Å². The molecule has 0 N–H and O–H groups in total. The van der Waals surface area contributed by atoms with Crippen LogP contribution in [0.1, 0.15) is 16.2 Å². The molecule has 2 aromatic carbocycles. The fourth-order valence-corrected chi connectivity index (χ4v) is 2.47. The first-order valence-electron chi connectivity index (χ1n) is 6.58. The van der Waals surface area contributed by atoms with Gasteiger partial charge in [0.25, 0.3) is 5.91 Å². The summed E-state index contributed by atoms with van der Waals surface area (Å²) in [6.45, 7) is 1.82. The number of para-hydroxylation sites is 2. The normalized spacial score (nSPS) is 11.3. The predicted octanol–water partition coefficient (Wildman–Crippen LogP) is 4.35. The number of allylic oxidation sites excluding steroid dienone is 1. The number of imidazole rings is 1. The van der Waals surface area contributed by atoms with E-state index in [1.165, 1.54) is 6.08 Å². The highest BCUT2D eigenvalue weighted by atomic mass is 35.5. The molecule has 3 nitrogen and oxygen atoms in total. The van der Waals surface area contributed by atoms with Gasteiger partial charge in [0.15, 0.2) is 0 Å². The quantitative estimate of drug-likeness (QED) is 0.659. The maximum Gasteiger partial charge on any atom is 0.256 e. The van der Waals surface area contributed by atoms with E-state index in [0.29, 0.717) is 10.8 Å². The van der Waals surface area contributed by atoms with Crippen LogP contribution in [0.5, 0.6) is 0 Å². The summed E-state index contributed by atoms with van der Waals surface area (Å²) in [6.07, 6.45) is 3.24. The molecular formula is C17H13ClN2O. The summed E-state index contributed by atoms with van der Waals surface area (Å²) >= 11 is 6.08. The lowest BCUT2D eigenvalue weighted by atomic mass is 10.2. The molecule has 3 rings (SSSR count). The standard InChI is InChI=1S/C17H13ClN2O/c1-12-19-15-8-4-5-9-16(15)20(12)17(21)11-10-13-6-2-3-7-14(13)18/h2-11H,1H3/b11-10+. The van der Waals surface area contributed by atoms with Crippen molar-refractivity contribution in [2.75, 3.05) is 0 Å². The van der Waals surface area contributed by atoms with E-state index in [0.717, 1.165) is 16.6 Å². The number of carbonyl (C=O) groups is 1. The molecule has 0 spiro atoms. The summed E-state index contributed by atoms with van der Waals surface area (Å²) in [7, 11) is 0. The van der Waals surface area contributed by atoms with Gasteiger partial charge in [-0.2, -0.15) is 0 Å². The SMILES string of the molecule is Cc1nc2ccccc2n1C(=O)/C=C/c1ccccc1Cl. The van der Waals surface area contributed by atoms with E-state index < -0.39 is 0 Å². The number of fused-ring (bicyclic) bond motifs is 1. The van der Waals surface area contributed by atoms with E-state index in [2.05, 4.69) is 4.98 Å². The zero-order chi connectivity index (χ0) is 14.8. The van der Waals surface area contributed by atoms with Gasteiger partial charge in [-0.15, -0.1) is 0 Å². The molecule has 0 aliphatic carbocycles. The second-order valence-electron chi connectivity index (χ2n) is 4.68. The molecule has 0 amide bonds. The molecule has 0 aliphatic rings. The number of halogens is 1. The van der Waals surface area contributed by atoms with Crippen LogP contribution in [0.2, 0.25) is 5.02 Å². The van der Waals surface area contributed by atoms with Crippen molar-refractivity contribution in [1.82, 2.24) is 9.55 Å². The Morgan fingerprint density at radius 1 is 1.14 bits per heavy atom. The predicted molar refractivity (Wildman–Crippen MR) is 85.6 cm³/mol. The van der Waals surface area contributed by atoms with E-state index in [1.54, 1.807) is 16.7 Å². The summed E-state index contributed by atoms with van der Waals surface area (Å²) in [5.74, 6) is 0.533. The first kappa shape index (κ1) is 13.6. The minimum absolute atomic E-state index is 0.138. The van der Waals surface area contributed by atoms with Gasteiger partial charge in [0.1, 0.15) is 5.82 Å². The first-order chi connectivity index (χ1) is 10.2. The summed E-state index contributed by atoms with van der Waals surface area (Å²) < 4.78 is 1.60. The minimum Gasteiger partial charge on any atom is -0.269 e. The number of hydrogen-bond acceptors (Lipinski definition) is 2. The largest absolute Gasteiger partial charge is 0.269 e. The van der Waals surface area contributed by atoms with Crippen LogP contribution in [-0.4, -0.2) is 15.5 Å². The molecule has 3 aromatic rings. The fourth-order valence-electron chi connectivity index (χ4n) is 2.27. The van der Waals surface area contributed by atoms with E-state index in [1.807, 2.05) is 49.4 Å². The van der Waals surface area contributed by atoms with Gasteiger partial charge in [-0.25, -0.2) is 4.98 Å². The molecule has 0 atom stereocenters. The van der Waals surface area contributed by atoms with Crippen molar-refractivity contribution in [3.8, 4) is 0 Å². The Morgan fingerprint density at radius 3 is 2.67 bits per heavy atom. The zero-order valence-electron chi connectivity index (χ0n) is 11.5. The Morgan fingerprint density at radius 2 is 1.86 bits per heavy atom. The molecule has 0 bridgehead atoms. The van der Waals surface area contributed by atoms with Crippen LogP contribution < -0.4 is 0 Å². The van der Waals surface area contributed by atoms with Crippen molar-refractivity contribution in [1.29, 1.82) is 0 Å². The number of hydrogen-bond donors (Lipinski definition) is 0. The number of carbonyl (C=O) groups excluding carboxylic acids is 1. The van der Waals surface area contributed by atoms with Crippen LogP contribution in [0.3, 0.4) is 0 Å². The number of nitrogens with zero attached hydrogens (tertiary/aromatic N) is 2. The number of rotatable bonds is 2. The molecule has 0 unspecified atom stereocenters. The van der Waals surface area contributed by atoms with Gasteiger partial charge in [0.05, 0.1) is 11.0 Å². The lowest BCUT2D eigenvalue weighted by Crippen LogP contribution is -2.08. The fraction of sp³-hybridized carbons (Fsp3) is 0.0588. The molecule has 0 aliphatic heterocycles. The molecule has 0 radical (unpaired) electrons. The third-order valence-electron chi connectivity index (χ3n) is 3.26. The maximum absolute atomic E-state index is 12.4. The highest BCUT2D eigenvalue weighted by Gasteiger charge is 2.11. The van der Waals surface area contributed by atoms with Crippen molar-refractivity contribution < 1.29 is 4.79 Å².